The molecule has 7 nitrogen and oxygen atoms in total. The van der Waals surface area contributed by atoms with Crippen molar-refractivity contribution in [2.45, 2.75) is 13.8 Å². The first-order valence-corrected chi connectivity index (χ1v) is 6.59. The van der Waals surface area contributed by atoms with Crippen LogP contribution in [0.1, 0.15) is 24.3 Å². The first kappa shape index (κ1) is 14.7. The van der Waals surface area contributed by atoms with Crippen LogP contribution in [0.4, 0.5) is 5.69 Å². The van der Waals surface area contributed by atoms with Gasteiger partial charge in [-0.15, -0.1) is 0 Å². The van der Waals surface area contributed by atoms with E-state index in [4.69, 9.17) is 9.47 Å². The molecule has 0 fully saturated rings. The molecule has 0 aromatic carbocycles. The van der Waals surface area contributed by atoms with E-state index in [0.717, 1.165) is 0 Å². The summed E-state index contributed by atoms with van der Waals surface area (Å²) >= 11 is 0. The molecule has 110 valence electrons. The Morgan fingerprint density at radius 3 is 2.67 bits per heavy atom. The van der Waals surface area contributed by atoms with Gasteiger partial charge in [0.2, 0.25) is 5.88 Å². The molecule has 2 aromatic rings. The highest BCUT2D eigenvalue weighted by atomic mass is 16.5. The minimum Gasteiger partial charge on any atom is -0.476 e. The topological polar surface area (TPSA) is 86.2 Å². The highest BCUT2D eigenvalue weighted by Gasteiger charge is 2.14. The molecule has 21 heavy (non-hydrogen) atoms. The van der Waals surface area contributed by atoms with Crippen molar-refractivity contribution < 1.29 is 14.3 Å². The molecule has 0 bridgehead atoms. The number of rotatable bonds is 6. The third kappa shape index (κ3) is 3.88. The molecule has 0 unspecified atom stereocenters. The van der Waals surface area contributed by atoms with Crippen LogP contribution in [0.5, 0.6) is 11.9 Å². The second-order valence-electron chi connectivity index (χ2n) is 3.91. The van der Waals surface area contributed by atoms with Gasteiger partial charge in [0, 0.05) is 6.20 Å². The summed E-state index contributed by atoms with van der Waals surface area (Å²) in [6, 6.07) is 5.30. The van der Waals surface area contributed by atoms with Gasteiger partial charge in [0.05, 0.1) is 19.4 Å². The fourth-order valence-electron chi connectivity index (χ4n) is 1.57. The van der Waals surface area contributed by atoms with E-state index in [9.17, 15) is 4.79 Å². The average molecular weight is 288 g/mol. The molecule has 7 heteroatoms. The number of carbonyl (C=O) groups is 1. The SMILES string of the molecule is CCOc1ncc(NC(=O)c2ccccn2)c(OCC)n1. The molecule has 2 rings (SSSR count). The van der Waals surface area contributed by atoms with Crippen molar-refractivity contribution in [2.24, 2.45) is 0 Å². The standard InChI is InChI=1S/C14H16N4O3/c1-3-20-13-11(9-16-14(18-13)21-4-2)17-12(19)10-7-5-6-8-15-10/h5-9H,3-4H2,1-2H3,(H,17,19). The van der Waals surface area contributed by atoms with Gasteiger partial charge in [-0.25, -0.2) is 4.98 Å². The van der Waals surface area contributed by atoms with Crippen LogP contribution in [-0.4, -0.2) is 34.1 Å². The minimum absolute atomic E-state index is 0.205. The van der Waals surface area contributed by atoms with Crippen LogP contribution in [0.25, 0.3) is 0 Å². The maximum Gasteiger partial charge on any atom is 0.319 e. The summed E-state index contributed by atoms with van der Waals surface area (Å²) < 4.78 is 10.6. The van der Waals surface area contributed by atoms with Gasteiger partial charge in [0.1, 0.15) is 11.4 Å². The lowest BCUT2D eigenvalue weighted by Gasteiger charge is -2.11. The summed E-state index contributed by atoms with van der Waals surface area (Å²) in [5, 5.41) is 2.67. The molecule has 2 heterocycles. The number of hydrogen-bond donors (Lipinski definition) is 1. The van der Waals surface area contributed by atoms with Gasteiger partial charge in [-0.3, -0.25) is 9.78 Å². The normalized spacial score (nSPS) is 10.0. The predicted molar refractivity (Wildman–Crippen MR) is 76.6 cm³/mol. The van der Waals surface area contributed by atoms with E-state index in [0.29, 0.717) is 24.6 Å². The van der Waals surface area contributed by atoms with Crippen molar-refractivity contribution in [3.05, 3.63) is 36.3 Å². The Hall–Kier alpha value is -2.70. The lowest BCUT2D eigenvalue weighted by atomic mass is 10.3. The molecule has 0 spiro atoms. The largest absolute Gasteiger partial charge is 0.476 e. The van der Waals surface area contributed by atoms with E-state index in [-0.39, 0.29) is 17.8 Å². The second-order valence-corrected chi connectivity index (χ2v) is 3.91. The molecule has 0 aliphatic heterocycles. The molecule has 0 radical (unpaired) electrons. The molecule has 0 saturated heterocycles. The number of pyridine rings is 1. The van der Waals surface area contributed by atoms with Crippen LogP contribution in [0.3, 0.4) is 0 Å². The van der Waals surface area contributed by atoms with E-state index in [1.165, 1.54) is 6.20 Å². The van der Waals surface area contributed by atoms with Crippen molar-refractivity contribution in [1.82, 2.24) is 15.0 Å². The fraction of sp³-hybridized carbons (Fsp3) is 0.286. The van der Waals surface area contributed by atoms with E-state index in [1.807, 2.05) is 13.8 Å². The van der Waals surface area contributed by atoms with Crippen LogP contribution in [0.15, 0.2) is 30.6 Å². The van der Waals surface area contributed by atoms with Crippen molar-refractivity contribution in [3.8, 4) is 11.9 Å². The molecular formula is C14H16N4O3. The van der Waals surface area contributed by atoms with Gasteiger partial charge >= 0.3 is 6.01 Å². The molecule has 1 amide bonds. The monoisotopic (exact) mass is 288 g/mol. The molecule has 0 aliphatic rings. The Balaban J connectivity index is 2.20. The molecule has 0 atom stereocenters. The number of ether oxygens (including phenoxy) is 2. The predicted octanol–water partition coefficient (Wildman–Crippen LogP) is 1.92. The first-order valence-electron chi connectivity index (χ1n) is 6.59. The van der Waals surface area contributed by atoms with E-state index < -0.39 is 0 Å². The smallest absolute Gasteiger partial charge is 0.319 e. The molecular weight excluding hydrogens is 272 g/mol. The lowest BCUT2D eigenvalue weighted by Crippen LogP contribution is -2.15. The second kappa shape index (κ2) is 7.18. The average Bonchev–Trinajstić information content (AvgIpc) is 2.51. The van der Waals surface area contributed by atoms with Gasteiger partial charge in [-0.05, 0) is 26.0 Å². The number of hydrogen-bond acceptors (Lipinski definition) is 6. The highest BCUT2D eigenvalue weighted by Crippen LogP contribution is 2.23. The van der Waals surface area contributed by atoms with Crippen LogP contribution in [0, 0.1) is 0 Å². The van der Waals surface area contributed by atoms with Gasteiger partial charge in [-0.1, -0.05) is 6.07 Å². The van der Waals surface area contributed by atoms with Gasteiger partial charge in [0.25, 0.3) is 5.91 Å². The van der Waals surface area contributed by atoms with Crippen LogP contribution < -0.4 is 14.8 Å². The Morgan fingerprint density at radius 1 is 1.19 bits per heavy atom. The number of nitrogens with zero attached hydrogens (tertiary/aromatic N) is 3. The number of anilines is 1. The van der Waals surface area contributed by atoms with E-state index >= 15 is 0 Å². The van der Waals surface area contributed by atoms with E-state index in [2.05, 4.69) is 20.3 Å². The first-order chi connectivity index (χ1) is 10.2. The summed E-state index contributed by atoms with van der Waals surface area (Å²) in [7, 11) is 0. The molecule has 0 saturated carbocycles. The number of carbonyl (C=O) groups excluding carboxylic acids is 1. The van der Waals surface area contributed by atoms with Crippen molar-refractivity contribution in [3.63, 3.8) is 0 Å². The zero-order valence-corrected chi connectivity index (χ0v) is 11.9. The Bertz CT molecular complexity index is 604. The quantitative estimate of drug-likeness (QED) is 0.874. The summed E-state index contributed by atoms with van der Waals surface area (Å²) in [5.74, 6) is -0.0930. The van der Waals surface area contributed by atoms with Gasteiger partial charge in [0.15, 0.2) is 0 Å². The van der Waals surface area contributed by atoms with Crippen LogP contribution in [0.2, 0.25) is 0 Å². The Labute approximate surface area is 122 Å². The zero-order valence-electron chi connectivity index (χ0n) is 11.9. The highest BCUT2D eigenvalue weighted by molar-refractivity contribution is 6.03. The van der Waals surface area contributed by atoms with Crippen LogP contribution in [-0.2, 0) is 0 Å². The third-order valence-corrected chi connectivity index (χ3v) is 2.43. The fourth-order valence-corrected chi connectivity index (χ4v) is 1.57. The van der Waals surface area contributed by atoms with Crippen molar-refractivity contribution in [2.75, 3.05) is 18.5 Å². The summed E-state index contributed by atoms with van der Waals surface area (Å²) in [6.07, 6.45) is 3.00. The summed E-state index contributed by atoms with van der Waals surface area (Å²) in [6.45, 7) is 4.52. The third-order valence-electron chi connectivity index (χ3n) is 2.43. The maximum absolute atomic E-state index is 12.1. The summed E-state index contributed by atoms with van der Waals surface area (Å²) in [5.41, 5.74) is 0.671. The van der Waals surface area contributed by atoms with Crippen LogP contribution >= 0.6 is 0 Å². The zero-order chi connectivity index (χ0) is 15.1. The van der Waals surface area contributed by atoms with Crippen molar-refractivity contribution in [1.29, 1.82) is 0 Å². The Morgan fingerprint density at radius 2 is 2.00 bits per heavy atom. The number of aromatic nitrogens is 3. The van der Waals surface area contributed by atoms with Crippen molar-refractivity contribution >= 4 is 11.6 Å². The number of amides is 1. The lowest BCUT2D eigenvalue weighted by molar-refractivity contribution is 0.102. The molecule has 1 N–H and O–H groups in total. The summed E-state index contributed by atoms with van der Waals surface area (Å²) in [4.78, 5) is 24.2. The molecule has 2 aromatic heterocycles. The van der Waals surface area contributed by atoms with Gasteiger partial charge in [-0.2, -0.15) is 4.98 Å². The van der Waals surface area contributed by atoms with Gasteiger partial charge < -0.3 is 14.8 Å². The molecule has 0 aliphatic carbocycles. The maximum atomic E-state index is 12.1. The Kier molecular flexibility index (Phi) is 5.03. The number of nitrogens with one attached hydrogen (secondary N) is 1. The minimum atomic E-state index is -0.357. The van der Waals surface area contributed by atoms with E-state index in [1.54, 1.807) is 24.4 Å².